The Labute approximate surface area is 80.0 Å². The lowest BCUT2D eigenvalue weighted by molar-refractivity contribution is -0.151. The van der Waals surface area contributed by atoms with Crippen LogP contribution in [0.4, 0.5) is 13.2 Å². The van der Waals surface area contributed by atoms with E-state index in [-0.39, 0.29) is 6.54 Å². The Morgan fingerprint density at radius 3 is 2.64 bits per heavy atom. The number of hydrogen-bond acceptors (Lipinski definition) is 2. The van der Waals surface area contributed by atoms with Gasteiger partial charge in [0.25, 0.3) is 0 Å². The molecule has 0 unspecified atom stereocenters. The zero-order valence-electron chi connectivity index (χ0n) is 7.68. The number of nitrogens with zero attached hydrogens (tertiary/aromatic N) is 1. The first-order valence-electron chi connectivity index (χ1n) is 4.47. The summed E-state index contributed by atoms with van der Waals surface area (Å²) in [5.74, 6) is -0.928. The highest BCUT2D eigenvalue weighted by Gasteiger charge is 2.33. The number of alkyl halides is 3. The van der Waals surface area contributed by atoms with E-state index in [9.17, 15) is 18.0 Å². The van der Waals surface area contributed by atoms with Gasteiger partial charge in [0.2, 0.25) is 5.91 Å². The van der Waals surface area contributed by atoms with Gasteiger partial charge in [0.05, 0.1) is 12.5 Å². The van der Waals surface area contributed by atoms with Crippen molar-refractivity contribution in [2.24, 2.45) is 11.7 Å². The molecule has 1 heterocycles. The number of carbonyl (C=O) groups is 1. The Morgan fingerprint density at radius 1 is 1.50 bits per heavy atom. The number of piperidine rings is 1. The minimum Gasteiger partial charge on any atom is -0.369 e. The van der Waals surface area contributed by atoms with Crippen molar-refractivity contribution in [3.63, 3.8) is 0 Å². The summed E-state index contributed by atoms with van der Waals surface area (Å²) in [5.41, 5.74) is 5.05. The number of hydrogen-bond donors (Lipinski definition) is 1. The van der Waals surface area contributed by atoms with E-state index < -0.39 is 24.5 Å². The van der Waals surface area contributed by atoms with Crippen molar-refractivity contribution in [1.29, 1.82) is 0 Å². The molecule has 1 saturated heterocycles. The molecule has 0 aliphatic carbocycles. The maximum absolute atomic E-state index is 12.0. The van der Waals surface area contributed by atoms with Gasteiger partial charge in [-0.3, -0.25) is 9.69 Å². The van der Waals surface area contributed by atoms with E-state index in [0.29, 0.717) is 19.4 Å². The topological polar surface area (TPSA) is 46.3 Å². The second kappa shape index (κ2) is 4.16. The molecule has 1 aliphatic heterocycles. The first kappa shape index (κ1) is 11.3. The third-order valence-electron chi connectivity index (χ3n) is 2.31. The average molecular weight is 210 g/mol. The van der Waals surface area contributed by atoms with Gasteiger partial charge in [-0.15, -0.1) is 0 Å². The van der Waals surface area contributed by atoms with Gasteiger partial charge in [0, 0.05) is 6.54 Å². The van der Waals surface area contributed by atoms with Gasteiger partial charge in [-0.05, 0) is 19.4 Å². The molecule has 0 aromatic heterocycles. The molecule has 0 bridgehead atoms. The fourth-order valence-electron chi connectivity index (χ4n) is 1.68. The molecule has 82 valence electrons. The van der Waals surface area contributed by atoms with E-state index in [1.165, 1.54) is 4.90 Å². The minimum absolute atomic E-state index is 0.134. The summed E-state index contributed by atoms with van der Waals surface area (Å²) < 4.78 is 36.0. The molecule has 2 N–H and O–H groups in total. The predicted octanol–water partition coefficient (Wildman–Crippen LogP) is 0.746. The number of primary amides is 1. The second-order valence-corrected chi connectivity index (χ2v) is 3.59. The maximum atomic E-state index is 12.0. The summed E-state index contributed by atoms with van der Waals surface area (Å²) in [6.07, 6.45) is -2.99. The fraction of sp³-hybridized carbons (Fsp3) is 0.875. The van der Waals surface area contributed by atoms with Crippen LogP contribution in [-0.2, 0) is 4.79 Å². The number of halogens is 3. The lowest BCUT2D eigenvalue weighted by Crippen LogP contribution is -2.44. The van der Waals surface area contributed by atoms with Crippen LogP contribution in [0.25, 0.3) is 0 Å². The van der Waals surface area contributed by atoms with Gasteiger partial charge < -0.3 is 5.73 Å². The van der Waals surface area contributed by atoms with E-state index in [2.05, 4.69) is 0 Å². The summed E-state index contributed by atoms with van der Waals surface area (Å²) in [7, 11) is 0. The molecule has 1 rings (SSSR count). The molecule has 1 fully saturated rings. The van der Waals surface area contributed by atoms with Crippen molar-refractivity contribution >= 4 is 5.91 Å². The van der Waals surface area contributed by atoms with Crippen molar-refractivity contribution in [2.45, 2.75) is 19.0 Å². The SMILES string of the molecule is NC(=O)[C@@H]1CCCN(CC(F)(F)F)C1. The van der Waals surface area contributed by atoms with E-state index >= 15 is 0 Å². The molecule has 0 saturated carbocycles. The summed E-state index contributed by atoms with van der Waals surface area (Å²) >= 11 is 0. The Morgan fingerprint density at radius 2 is 2.14 bits per heavy atom. The van der Waals surface area contributed by atoms with Crippen molar-refractivity contribution in [2.75, 3.05) is 19.6 Å². The summed E-state index contributed by atoms with van der Waals surface area (Å²) in [6, 6.07) is 0. The van der Waals surface area contributed by atoms with Gasteiger partial charge in [-0.2, -0.15) is 13.2 Å². The third-order valence-corrected chi connectivity index (χ3v) is 2.31. The van der Waals surface area contributed by atoms with E-state index in [1.807, 2.05) is 0 Å². The molecule has 1 amide bonds. The fourth-order valence-corrected chi connectivity index (χ4v) is 1.68. The van der Waals surface area contributed by atoms with Crippen LogP contribution in [0.15, 0.2) is 0 Å². The Hall–Kier alpha value is -0.780. The summed E-state index contributed by atoms with van der Waals surface area (Å²) in [6.45, 7) is -0.422. The monoisotopic (exact) mass is 210 g/mol. The lowest BCUT2D eigenvalue weighted by Gasteiger charge is -2.31. The Balaban J connectivity index is 2.44. The van der Waals surface area contributed by atoms with Gasteiger partial charge >= 0.3 is 6.18 Å². The van der Waals surface area contributed by atoms with E-state index in [0.717, 1.165) is 0 Å². The zero-order valence-corrected chi connectivity index (χ0v) is 7.68. The smallest absolute Gasteiger partial charge is 0.369 e. The van der Waals surface area contributed by atoms with Crippen molar-refractivity contribution in [1.82, 2.24) is 4.90 Å². The van der Waals surface area contributed by atoms with Crippen molar-refractivity contribution in [3.8, 4) is 0 Å². The molecule has 0 radical (unpaired) electrons. The van der Waals surface area contributed by atoms with Gasteiger partial charge in [-0.1, -0.05) is 0 Å². The second-order valence-electron chi connectivity index (χ2n) is 3.59. The molecular formula is C8H13F3N2O. The first-order valence-corrected chi connectivity index (χ1v) is 4.47. The maximum Gasteiger partial charge on any atom is 0.401 e. The standard InChI is InChI=1S/C8H13F3N2O/c9-8(10,11)5-13-3-1-2-6(4-13)7(12)14/h6H,1-5H2,(H2,12,14)/t6-/m1/s1. The molecule has 0 aromatic carbocycles. The van der Waals surface area contributed by atoms with Crippen LogP contribution in [0.3, 0.4) is 0 Å². The average Bonchev–Trinajstić information content (AvgIpc) is 2.01. The number of likely N-dealkylation sites (tertiary alicyclic amines) is 1. The van der Waals surface area contributed by atoms with Gasteiger partial charge in [0.15, 0.2) is 0 Å². The van der Waals surface area contributed by atoms with Gasteiger partial charge in [0.1, 0.15) is 0 Å². The molecule has 1 atom stereocenters. The van der Waals surface area contributed by atoms with Crippen LogP contribution >= 0.6 is 0 Å². The molecule has 6 heteroatoms. The lowest BCUT2D eigenvalue weighted by atomic mass is 9.97. The number of rotatable bonds is 2. The quantitative estimate of drug-likeness (QED) is 0.730. The highest BCUT2D eigenvalue weighted by atomic mass is 19.4. The van der Waals surface area contributed by atoms with Crippen LogP contribution in [0.1, 0.15) is 12.8 Å². The van der Waals surface area contributed by atoms with E-state index in [4.69, 9.17) is 5.73 Å². The van der Waals surface area contributed by atoms with Crippen LogP contribution in [0.2, 0.25) is 0 Å². The third kappa shape index (κ3) is 3.53. The molecule has 14 heavy (non-hydrogen) atoms. The highest BCUT2D eigenvalue weighted by molar-refractivity contribution is 5.76. The van der Waals surface area contributed by atoms with Crippen LogP contribution in [0, 0.1) is 5.92 Å². The highest BCUT2D eigenvalue weighted by Crippen LogP contribution is 2.21. The Kier molecular flexibility index (Phi) is 3.36. The molecule has 0 aromatic rings. The molecule has 1 aliphatic rings. The minimum atomic E-state index is -4.19. The van der Waals surface area contributed by atoms with Crippen molar-refractivity contribution < 1.29 is 18.0 Å². The number of carbonyl (C=O) groups excluding carboxylic acids is 1. The number of amides is 1. The summed E-state index contributed by atoms with van der Waals surface area (Å²) in [5, 5.41) is 0. The van der Waals surface area contributed by atoms with E-state index in [1.54, 1.807) is 0 Å². The van der Waals surface area contributed by atoms with Crippen LogP contribution in [0.5, 0.6) is 0 Å². The zero-order chi connectivity index (χ0) is 10.8. The molecular weight excluding hydrogens is 197 g/mol. The van der Waals surface area contributed by atoms with Crippen LogP contribution < -0.4 is 5.73 Å². The largest absolute Gasteiger partial charge is 0.401 e. The number of nitrogens with two attached hydrogens (primary N) is 1. The van der Waals surface area contributed by atoms with Crippen molar-refractivity contribution in [3.05, 3.63) is 0 Å². The normalized spacial score (nSPS) is 24.9. The predicted molar refractivity (Wildman–Crippen MR) is 44.4 cm³/mol. The molecule has 0 spiro atoms. The first-order chi connectivity index (χ1) is 6.38. The summed E-state index contributed by atoms with van der Waals surface area (Å²) in [4.78, 5) is 12.0. The Bertz CT molecular complexity index is 217. The van der Waals surface area contributed by atoms with Gasteiger partial charge in [-0.25, -0.2) is 0 Å². The molecule has 3 nitrogen and oxygen atoms in total. The van der Waals surface area contributed by atoms with Crippen LogP contribution in [-0.4, -0.2) is 36.6 Å².